The second-order valence-corrected chi connectivity index (χ2v) is 10.6. The van der Waals surface area contributed by atoms with Crippen molar-refractivity contribution in [3.63, 3.8) is 0 Å². The lowest BCUT2D eigenvalue weighted by atomic mass is 10.1. The second kappa shape index (κ2) is 13.4. The molecule has 2 N–H and O–H groups in total. The highest BCUT2D eigenvalue weighted by Gasteiger charge is 2.34. The number of amides is 1. The molecule has 2 aromatic rings. The van der Waals surface area contributed by atoms with Crippen LogP contribution in [0.1, 0.15) is 77.2 Å². The number of ether oxygens (including phenoxy) is 4. The molecule has 0 saturated carbocycles. The van der Waals surface area contributed by atoms with Gasteiger partial charge in [-0.25, -0.2) is 14.6 Å². The van der Waals surface area contributed by atoms with Crippen molar-refractivity contribution in [3.8, 4) is 5.75 Å². The van der Waals surface area contributed by atoms with Crippen molar-refractivity contribution in [1.29, 1.82) is 0 Å². The van der Waals surface area contributed by atoms with E-state index >= 15 is 0 Å². The van der Waals surface area contributed by atoms with Gasteiger partial charge in [-0.2, -0.15) is 9.88 Å². The summed E-state index contributed by atoms with van der Waals surface area (Å²) in [4.78, 5) is 34.5. The molecule has 0 aliphatic heterocycles. The summed E-state index contributed by atoms with van der Waals surface area (Å²) in [7, 11) is 1.32. The summed E-state index contributed by atoms with van der Waals surface area (Å²) in [5.41, 5.74) is -0.465. The van der Waals surface area contributed by atoms with Crippen LogP contribution in [0.15, 0.2) is 30.5 Å². The Morgan fingerprint density at radius 2 is 1.84 bits per heavy atom. The Balaban J connectivity index is 2.40. The standard InChI is InChI=1S/C27H40N4O7/c1-9-10-14-28-21-20(36-17-18-12-11-13-19(15-18)22(32)35-8)16-29-23(30-21)31(24(33)37-26(2,3)4)25(34)38-27(5,6)7/h11-13,15-16,24,33H,9-10,14,17H2,1-8H3,(H,28,29,30). The fourth-order valence-electron chi connectivity index (χ4n) is 3.11. The van der Waals surface area contributed by atoms with E-state index in [1.165, 1.54) is 13.3 Å². The van der Waals surface area contributed by atoms with Crippen LogP contribution in [0.4, 0.5) is 16.6 Å². The van der Waals surface area contributed by atoms with Gasteiger partial charge in [0, 0.05) is 6.54 Å². The van der Waals surface area contributed by atoms with Crippen molar-refractivity contribution in [3.05, 3.63) is 41.6 Å². The molecule has 0 aliphatic rings. The molecule has 1 heterocycles. The van der Waals surface area contributed by atoms with Gasteiger partial charge in [0.1, 0.15) is 12.2 Å². The predicted octanol–water partition coefficient (Wildman–Crippen LogP) is 4.89. The van der Waals surface area contributed by atoms with Gasteiger partial charge in [-0.15, -0.1) is 0 Å². The molecule has 2 rings (SSSR count). The number of aliphatic hydroxyl groups is 1. The van der Waals surface area contributed by atoms with E-state index in [1.54, 1.807) is 59.7 Å². The first-order valence-electron chi connectivity index (χ1n) is 12.5. The number of anilines is 2. The number of carbonyl (C=O) groups excluding carboxylic acids is 2. The Morgan fingerprint density at radius 1 is 1.13 bits per heavy atom. The van der Waals surface area contributed by atoms with Crippen LogP contribution >= 0.6 is 0 Å². The highest BCUT2D eigenvalue weighted by Crippen LogP contribution is 2.28. The number of hydrogen-bond donors (Lipinski definition) is 2. The minimum absolute atomic E-state index is 0.127. The number of benzene rings is 1. The fraction of sp³-hybridized carbons (Fsp3) is 0.556. The molecule has 11 nitrogen and oxygen atoms in total. The van der Waals surface area contributed by atoms with Crippen LogP contribution in [0.2, 0.25) is 0 Å². The van der Waals surface area contributed by atoms with Gasteiger partial charge in [0.15, 0.2) is 11.6 Å². The zero-order valence-electron chi connectivity index (χ0n) is 23.5. The summed E-state index contributed by atoms with van der Waals surface area (Å²) in [6, 6.07) is 6.88. The number of carbonyl (C=O) groups is 2. The van der Waals surface area contributed by atoms with E-state index in [4.69, 9.17) is 18.9 Å². The zero-order chi connectivity index (χ0) is 28.5. The van der Waals surface area contributed by atoms with E-state index in [2.05, 4.69) is 22.2 Å². The molecule has 0 aliphatic carbocycles. The third-order valence-electron chi connectivity index (χ3n) is 4.79. The molecule has 38 heavy (non-hydrogen) atoms. The number of rotatable bonds is 11. The molecule has 0 fully saturated rings. The molecular formula is C27H40N4O7. The van der Waals surface area contributed by atoms with E-state index in [-0.39, 0.29) is 12.6 Å². The number of aromatic nitrogens is 2. The van der Waals surface area contributed by atoms with E-state index in [9.17, 15) is 14.7 Å². The maximum absolute atomic E-state index is 13.1. The highest BCUT2D eigenvalue weighted by atomic mass is 16.7. The number of nitrogens with zero attached hydrogens (tertiary/aromatic N) is 3. The summed E-state index contributed by atoms with van der Waals surface area (Å²) in [5.74, 6) is 0.0718. The zero-order valence-corrected chi connectivity index (χ0v) is 23.5. The van der Waals surface area contributed by atoms with Crippen molar-refractivity contribution in [2.24, 2.45) is 0 Å². The average molecular weight is 533 g/mol. The average Bonchev–Trinajstić information content (AvgIpc) is 2.81. The lowest BCUT2D eigenvalue weighted by molar-refractivity contribution is -0.163. The Labute approximate surface area is 224 Å². The van der Waals surface area contributed by atoms with Crippen molar-refractivity contribution < 1.29 is 33.6 Å². The number of aliphatic hydroxyl groups excluding tert-OH is 1. The van der Waals surface area contributed by atoms with E-state index in [0.717, 1.165) is 23.3 Å². The van der Waals surface area contributed by atoms with Gasteiger partial charge in [0.2, 0.25) is 12.4 Å². The lowest BCUT2D eigenvalue weighted by Gasteiger charge is -2.32. The quantitative estimate of drug-likeness (QED) is 0.234. The molecular weight excluding hydrogens is 492 g/mol. The third kappa shape index (κ3) is 9.79. The maximum atomic E-state index is 13.1. The Kier molecular flexibility index (Phi) is 10.8. The van der Waals surface area contributed by atoms with E-state index in [0.29, 0.717) is 23.7 Å². The summed E-state index contributed by atoms with van der Waals surface area (Å²) in [6.45, 7) is 13.1. The topological polar surface area (TPSA) is 132 Å². The van der Waals surface area contributed by atoms with Crippen molar-refractivity contribution in [1.82, 2.24) is 9.97 Å². The largest absolute Gasteiger partial charge is 0.483 e. The first kappa shape index (κ1) is 30.8. The smallest absolute Gasteiger partial charge is 0.421 e. The molecule has 0 radical (unpaired) electrons. The molecule has 0 spiro atoms. The van der Waals surface area contributed by atoms with Crippen molar-refractivity contribution in [2.45, 2.75) is 85.5 Å². The Hall–Kier alpha value is -3.44. The van der Waals surface area contributed by atoms with Gasteiger partial charge in [0.05, 0.1) is 24.5 Å². The van der Waals surface area contributed by atoms with Crippen LogP contribution in [0.5, 0.6) is 5.75 Å². The Morgan fingerprint density at radius 3 is 2.45 bits per heavy atom. The lowest BCUT2D eigenvalue weighted by Crippen LogP contribution is -2.48. The summed E-state index contributed by atoms with van der Waals surface area (Å²) < 4.78 is 21.8. The SMILES string of the molecule is CCCCNc1nc(N(C(=O)OC(C)(C)C)C(O)OC(C)(C)C)ncc1OCc1cccc(C(=O)OC)c1. The van der Waals surface area contributed by atoms with Gasteiger partial charge in [-0.3, -0.25) is 0 Å². The highest BCUT2D eigenvalue weighted by molar-refractivity contribution is 5.89. The summed E-state index contributed by atoms with van der Waals surface area (Å²) in [5, 5.41) is 14.0. The molecule has 1 amide bonds. The Bertz CT molecular complexity index is 1080. The molecule has 210 valence electrons. The summed E-state index contributed by atoms with van der Waals surface area (Å²) in [6.07, 6.45) is 0.639. The van der Waals surface area contributed by atoms with Crippen LogP contribution in [0.3, 0.4) is 0 Å². The normalized spacial score (nSPS) is 12.4. The third-order valence-corrected chi connectivity index (χ3v) is 4.79. The molecule has 1 aromatic carbocycles. The fourth-order valence-corrected chi connectivity index (χ4v) is 3.11. The number of esters is 1. The number of hydrogen-bond acceptors (Lipinski definition) is 10. The van der Waals surface area contributed by atoms with Gasteiger partial charge >= 0.3 is 12.1 Å². The van der Waals surface area contributed by atoms with Crippen LogP contribution in [0.25, 0.3) is 0 Å². The van der Waals surface area contributed by atoms with Crippen molar-refractivity contribution in [2.75, 3.05) is 23.9 Å². The first-order chi connectivity index (χ1) is 17.7. The second-order valence-electron chi connectivity index (χ2n) is 10.6. The molecule has 1 atom stereocenters. The van der Waals surface area contributed by atoms with Crippen LogP contribution in [-0.2, 0) is 20.8 Å². The minimum atomic E-state index is -1.71. The molecule has 0 bridgehead atoms. The molecule has 11 heteroatoms. The van der Waals surface area contributed by atoms with E-state index < -0.39 is 29.7 Å². The maximum Gasteiger partial charge on any atom is 0.421 e. The number of methoxy groups -OCH3 is 1. The minimum Gasteiger partial charge on any atom is -0.483 e. The van der Waals surface area contributed by atoms with Crippen LogP contribution in [0, 0.1) is 0 Å². The monoisotopic (exact) mass is 532 g/mol. The van der Waals surface area contributed by atoms with Gasteiger partial charge in [-0.1, -0.05) is 25.5 Å². The van der Waals surface area contributed by atoms with E-state index in [1.807, 2.05) is 6.07 Å². The van der Waals surface area contributed by atoms with Crippen LogP contribution in [-0.4, -0.2) is 58.4 Å². The molecule has 1 unspecified atom stereocenters. The summed E-state index contributed by atoms with van der Waals surface area (Å²) >= 11 is 0. The van der Waals surface area contributed by atoms with Gasteiger partial charge in [-0.05, 0) is 65.7 Å². The van der Waals surface area contributed by atoms with Gasteiger partial charge in [0.25, 0.3) is 0 Å². The first-order valence-corrected chi connectivity index (χ1v) is 12.5. The van der Waals surface area contributed by atoms with Crippen molar-refractivity contribution >= 4 is 23.8 Å². The molecule has 1 aromatic heterocycles. The predicted molar refractivity (Wildman–Crippen MR) is 143 cm³/mol. The van der Waals surface area contributed by atoms with Crippen LogP contribution < -0.4 is 15.0 Å². The number of unbranched alkanes of at least 4 members (excludes halogenated alkanes) is 1. The molecule has 0 saturated heterocycles. The van der Waals surface area contributed by atoms with Gasteiger partial charge < -0.3 is 29.4 Å². The number of nitrogens with one attached hydrogen (secondary N) is 1.